The van der Waals surface area contributed by atoms with Crippen LogP contribution in [0, 0.1) is 46.5 Å². The third-order valence-corrected chi connectivity index (χ3v) is 6.88. The topological polar surface area (TPSA) is 149 Å². The van der Waals surface area contributed by atoms with Gasteiger partial charge in [0.1, 0.15) is 68.8 Å². The number of rotatable bonds is 9. The largest absolute Gasteiger partial charge is 0.477 e. The second kappa shape index (κ2) is 12.3. The minimum atomic E-state index is -2.14. The molecule has 0 fully saturated rings. The van der Waals surface area contributed by atoms with E-state index in [0.717, 1.165) is 0 Å². The molecule has 16 heteroatoms. The van der Waals surface area contributed by atoms with Gasteiger partial charge in [-0.25, -0.2) is 54.3 Å². The summed E-state index contributed by atoms with van der Waals surface area (Å²) in [6, 6.07) is 2.46. The highest BCUT2D eigenvalue weighted by atomic mass is 19.2. The molecule has 0 saturated heterocycles. The van der Waals surface area contributed by atoms with Crippen LogP contribution >= 0.6 is 0 Å². The van der Waals surface area contributed by atoms with Gasteiger partial charge in [0, 0.05) is 11.8 Å². The van der Waals surface area contributed by atoms with Gasteiger partial charge < -0.3 is 20.4 Å². The average Bonchev–Trinajstić information content (AvgIpc) is 2.88. The zero-order valence-corrected chi connectivity index (χ0v) is 22.2. The van der Waals surface area contributed by atoms with Crippen LogP contribution in [0.25, 0.3) is 0 Å². The Morgan fingerprint density at radius 3 is 0.587 bits per heavy atom. The van der Waals surface area contributed by atoms with Crippen LogP contribution in [0.4, 0.5) is 35.1 Å². The minimum absolute atomic E-state index is 0.307. The molecule has 4 rings (SSSR count). The van der Waals surface area contributed by atoms with Gasteiger partial charge in [0.15, 0.2) is 0 Å². The van der Waals surface area contributed by atoms with Gasteiger partial charge in [-0.3, -0.25) is 0 Å². The van der Waals surface area contributed by atoms with Crippen LogP contribution in [0.15, 0.2) is 48.5 Å². The normalized spacial score (nSPS) is 11.3. The molecule has 4 N–H and O–H groups in total. The molecule has 0 saturated carbocycles. The molecule has 0 bridgehead atoms. The van der Waals surface area contributed by atoms with E-state index in [1.807, 2.05) is 0 Å². The summed E-state index contributed by atoms with van der Waals surface area (Å²) in [7, 11) is 0. The van der Waals surface area contributed by atoms with Gasteiger partial charge in [-0.1, -0.05) is 0 Å². The lowest BCUT2D eigenvalue weighted by Gasteiger charge is -2.30. The Bertz CT molecular complexity index is 1600. The fraction of sp³-hybridized carbons (Fsp3) is 0.0667. The van der Waals surface area contributed by atoms with Gasteiger partial charge in [0.25, 0.3) is 0 Å². The quantitative estimate of drug-likeness (QED) is 0.148. The highest BCUT2D eigenvalue weighted by molar-refractivity contribution is 5.90. The second-order valence-corrected chi connectivity index (χ2v) is 9.61. The summed E-state index contributed by atoms with van der Waals surface area (Å²) in [6.45, 7) is 0. The lowest BCUT2D eigenvalue weighted by atomic mass is 9.73. The van der Waals surface area contributed by atoms with Crippen LogP contribution in [0.3, 0.4) is 0 Å². The number of hydrogen-bond acceptors (Lipinski definition) is 4. The van der Waals surface area contributed by atoms with E-state index >= 15 is 0 Å². The average molecular weight is 654 g/mol. The molecule has 238 valence electrons. The monoisotopic (exact) mass is 654 g/mol. The summed E-state index contributed by atoms with van der Waals surface area (Å²) in [4.78, 5) is 45.6. The maximum Gasteiger partial charge on any atom is 0.341 e. The van der Waals surface area contributed by atoms with Crippen LogP contribution in [-0.4, -0.2) is 44.3 Å². The summed E-state index contributed by atoms with van der Waals surface area (Å²) in [5.74, 6) is -27.1. The number of carboxylic acid groups (broad SMARTS) is 4. The first-order valence-electron chi connectivity index (χ1n) is 12.3. The van der Waals surface area contributed by atoms with Crippen molar-refractivity contribution < 1.29 is 74.7 Å². The fourth-order valence-electron chi connectivity index (χ4n) is 5.06. The van der Waals surface area contributed by atoms with E-state index in [1.165, 1.54) is 0 Å². The Labute approximate surface area is 250 Å². The Morgan fingerprint density at radius 1 is 0.348 bits per heavy atom. The number of halogens is 8. The highest BCUT2D eigenvalue weighted by Crippen LogP contribution is 2.45. The SMILES string of the molecule is O=C(O)c1c(F)cc(C(c2cc(F)c(C(=O)O)c(F)c2)C(c2cc(F)c(C(=O)O)c(F)c2)c2cc(F)c(C(=O)O)c(F)c2)cc1F. The first kappa shape index (κ1) is 33.1. The van der Waals surface area contributed by atoms with Gasteiger partial charge in [-0.15, -0.1) is 0 Å². The summed E-state index contributed by atoms with van der Waals surface area (Å²) in [5, 5.41) is 36.7. The summed E-state index contributed by atoms with van der Waals surface area (Å²) in [5.41, 5.74) is -9.27. The number of benzene rings is 4. The molecular weight excluding hydrogens is 640 g/mol. The zero-order valence-electron chi connectivity index (χ0n) is 22.2. The molecule has 8 nitrogen and oxygen atoms in total. The molecule has 0 radical (unpaired) electrons. The molecule has 0 aromatic heterocycles. The molecule has 4 aromatic carbocycles. The predicted octanol–water partition coefficient (Wildman–Crippen LogP) is 6.56. The van der Waals surface area contributed by atoms with E-state index in [2.05, 4.69) is 0 Å². The molecule has 0 spiro atoms. The first-order valence-corrected chi connectivity index (χ1v) is 12.3. The molecule has 0 amide bonds. The molecule has 4 aromatic rings. The van der Waals surface area contributed by atoms with Crippen molar-refractivity contribution in [2.24, 2.45) is 0 Å². The molecule has 0 unspecified atom stereocenters. The molecule has 0 aliphatic rings. The summed E-state index contributed by atoms with van der Waals surface area (Å²) >= 11 is 0. The second-order valence-electron chi connectivity index (χ2n) is 9.61. The van der Waals surface area contributed by atoms with E-state index < -0.39 is 127 Å². The molecule has 0 aliphatic carbocycles. The number of aromatic carboxylic acids is 4. The van der Waals surface area contributed by atoms with Gasteiger partial charge in [0.05, 0.1) is 0 Å². The van der Waals surface area contributed by atoms with E-state index in [9.17, 15) is 74.7 Å². The van der Waals surface area contributed by atoms with Crippen LogP contribution < -0.4 is 0 Å². The third-order valence-electron chi connectivity index (χ3n) is 6.88. The predicted molar refractivity (Wildman–Crippen MR) is 137 cm³/mol. The molecular formula is C30H14F8O8. The van der Waals surface area contributed by atoms with E-state index in [1.54, 1.807) is 0 Å². The zero-order chi connectivity index (χ0) is 34.4. The van der Waals surface area contributed by atoms with Crippen molar-refractivity contribution in [3.63, 3.8) is 0 Å². The number of hydrogen-bond donors (Lipinski definition) is 4. The van der Waals surface area contributed by atoms with Crippen molar-refractivity contribution in [2.45, 2.75) is 11.8 Å². The Kier molecular flexibility index (Phi) is 8.85. The van der Waals surface area contributed by atoms with Gasteiger partial charge in [-0.2, -0.15) is 0 Å². The minimum Gasteiger partial charge on any atom is -0.477 e. The Morgan fingerprint density at radius 2 is 0.478 bits per heavy atom. The smallest absolute Gasteiger partial charge is 0.341 e. The maximum atomic E-state index is 15.0. The van der Waals surface area contributed by atoms with Gasteiger partial charge >= 0.3 is 23.9 Å². The first-order chi connectivity index (χ1) is 21.4. The number of carboxylic acids is 4. The molecule has 0 aliphatic heterocycles. The van der Waals surface area contributed by atoms with Crippen molar-refractivity contribution in [2.75, 3.05) is 0 Å². The lowest BCUT2D eigenvalue weighted by Crippen LogP contribution is -2.20. The maximum absolute atomic E-state index is 15.0. The van der Waals surface area contributed by atoms with Crippen LogP contribution in [0.5, 0.6) is 0 Å². The van der Waals surface area contributed by atoms with Gasteiger partial charge in [-0.05, 0) is 70.8 Å². The van der Waals surface area contributed by atoms with E-state index in [-0.39, 0.29) is 0 Å². The number of carbonyl (C=O) groups is 4. The summed E-state index contributed by atoms with van der Waals surface area (Å²) in [6.07, 6.45) is 0. The van der Waals surface area contributed by atoms with Crippen molar-refractivity contribution in [1.82, 2.24) is 0 Å². The molecule has 0 heterocycles. The fourth-order valence-corrected chi connectivity index (χ4v) is 5.06. The highest BCUT2D eigenvalue weighted by Gasteiger charge is 2.35. The van der Waals surface area contributed by atoms with E-state index in [0.29, 0.717) is 48.5 Å². The van der Waals surface area contributed by atoms with E-state index in [4.69, 9.17) is 0 Å². The van der Waals surface area contributed by atoms with Gasteiger partial charge in [0.2, 0.25) is 0 Å². The van der Waals surface area contributed by atoms with Crippen LogP contribution in [0.2, 0.25) is 0 Å². The summed E-state index contributed by atoms with van der Waals surface area (Å²) < 4.78 is 120. The molecule has 46 heavy (non-hydrogen) atoms. The standard InChI is InChI=1S/C30H14F8O8/c31-13-1-9(2-14(32)23(13)27(39)40)21(10-3-15(33)24(28(41)42)16(34)4-10)22(11-5-17(35)25(29(43)44)18(36)6-11)12-7-19(37)26(30(45)46)20(38)8-12/h1-8,21-22H,(H,39,40)(H,41,42)(H,43,44)(H,45,46). The van der Waals surface area contributed by atoms with Crippen molar-refractivity contribution in [3.8, 4) is 0 Å². The van der Waals surface area contributed by atoms with Crippen molar-refractivity contribution >= 4 is 23.9 Å². The molecule has 0 atom stereocenters. The van der Waals surface area contributed by atoms with Crippen molar-refractivity contribution in [1.29, 1.82) is 0 Å². The Hall–Kier alpha value is -5.80. The van der Waals surface area contributed by atoms with Crippen molar-refractivity contribution in [3.05, 3.63) is 140 Å². The third kappa shape index (κ3) is 5.96. The van der Waals surface area contributed by atoms with Crippen LogP contribution in [0.1, 0.15) is 75.5 Å². The van der Waals surface area contributed by atoms with Crippen LogP contribution in [-0.2, 0) is 0 Å². The lowest BCUT2D eigenvalue weighted by molar-refractivity contribution is 0.0674. The Balaban J connectivity index is 2.20.